The van der Waals surface area contributed by atoms with E-state index in [1.165, 1.54) is 0 Å². The van der Waals surface area contributed by atoms with E-state index >= 15 is 0 Å². The fourth-order valence-electron chi connectivity index (χ4n) is 0.586. The molecule has 1 rings (SSSR count). The van der Waals surface area contributed by atoms with Crippen molar-refractivity contribution in [2.75, 3.05) is 0 Å². The van der Waals surface area contributed by atoms with Crippen molar-refractivity contribution in [3.8, 4) is 0 Å². The van der Waals surface area contributed by atoms with Crippen LogP contribution in [0.5, 0.6) is 0 Å². The molecular formula is C7H6BrNO. The summed E-state index contributed by atoms with van der Waals surface area (Å²) in [4.78, 5) is 14.2. The Hall–Kier alpha value is -0.700. The van der Waals surface area contributed by atoms with Crippen LogP contribution in [0.3, 0.4) is 0 Å². The van der Waals surface area contributed by atoms with Crippen LogP contribution in [-0.2, 0) is 0 Å². The number of pyridine rings is 1. The molecule has 0 radical (unpaired) electrons. The monoisotopic (exact) mass is 199 g/mol. The third kappa shape index (κ3) is 1.42. The summed E-state index contributed by atoms with van der Waals surface area (Å²) in [6, 6.07) is 1.75. The molecule has 0 aromatic carbocycles. The fraction of sp³-hybridized carbons (Fsp3) is 0.143. The minimum absolute atomic E-state index is 0.595. The highest BCUT2D eigenvalue weighted by Gasteiger charge is 1.95. The number of hydrogen-bond donors (Lipinski definition) is 0. The Morgan fingerprint density at radius 2 is 2.40 bits per heavy atom. The minimum Gasteiger partial charge on any atom is -0.298 e. The Morgan fingerprint density at radius 3 is 2.90 bits per heavy atom. The summed E-state index contributed by atoms with van der Waals surface area (Å²) in [5, 5.41) is 0. The maximum Gasteiger partial charge on any atom is 0.151 e. The number of carbonyl (C=O) groups excluding carboxylic acids is 1. The number of rotatable bonds is 1. The van der Waals surface area contributed by atoms with E-state index in [1.807, 2.05) is 6.92 Å². The van der Waals surface area contributed by atoms with Gasteiger partial charge in [0.1, 0.15) is 0 Å². The first-order valence-electron chi connectivity index (χ1n) is 2.81. The van der Waals surface area contributed by atoms with Crippen LogP contribution < -0.4 is 0 Å². The van der Waals surface area contributed by atoms with E-state index in [4.69, 9.17) is 0 Å². The van der Waals surface area contributed by atoms with Gasteiger partial charge in [0.25, 0.3) is 0 Å². The molecule has 1 aromatic heterocycles. The van der Waals surface area contributed by atoms with E-state index in [0.717, 1.165) is 16.5 Å². The van der Waals surface area contributed by atoms with Crippen molar-refractivity contribution in [1.82, 2.24) is 4.98 Å². The van der Waals surface area contributed by atoms with Gasteiger partial charge < -0.3 is 0 Å². The van der Waals surface area contributed by atoms with Crippen LogP contribution in [-0.4, -0.2) is 11.3 Å². The Labute approximate surface area is 67.4 Å². The first-order chi connectivity index (χ1) is 4.74. The number of nitrogens with zero attached hydrogens (tertiary/aromatic N) is 1. The highest BCUT2D eigenvalue weighted by atomic mass is 79.9. The Balaban J connectivity index is 3.16. The number of carbonyl (C=O) groups is 1. The third-order valence-electron chi connectivity index (χ3n) is 1.18. The molecule has 10 heavy (non-hydrogen) atoms. The van der Waals surface area contributed by atoms with Gasteiger partial charge in [-0.05, 0) is 28.9 Å². The maximum atomic E-state index is 10.2. The maximum absolute atomic E-state index is 10.2. The van der Waals surface area contributed by atoms with Gasteiger partial charge in [0.15, 0.2) is 6.29 Å². The summed E-state index contributed by atoms with van der Waals surface area (Å²) in [6.07, 6.45) is 2.32. The van der Waals surface area contributed by atoms with Gasteiger partial charge in [-0.25, -0.2) is 0 Å². The lowest BCUT2D eigenvalue weighted by molar-refractivity contribution is 0.112. The van der Waals surface area contributed by atoms with E-state index in [9.17, 15) is 4.79 Å². The van der Waals surface area contributed by atoms with Crippen molar-refractivity contribution in [2.45, 2.75) is 6.92 Å². The summed E-state index contributed by atoms with van der Waals surface area (Å²) >= 11 is 3.27. The summed E-state index contributed by atoms with van der Waals surface area (Å²) in [5.41, 5.74) is 1.49. The van der Waals surface area contributed by atoms with E-state index in [0.29, 0.717) is 5.56 Å². The number of hydrogen-bond acceptors (Lipinski definition) is 2. The molecule has 1 aromatic rings. The van der Waals surface area contributed by atoms with Crippen LogP contribution in [0.25, 0.3) is 0 Å². The first kappa shape index (κ1) is 7.41. The average Bonchev–Trinajstić information content (AvgIpc) is 1.95. The summed E-state index contributed by atoms with van der Waals surface area (Å²) in [7, 11) is 0. The molecule has 3 heteroatoms. The number of aryl methyl sites for hydroxylation is 1. The second kappa shape index (κ2) is 2.92. The van der Waals surface area contributed by atoms with Crippen LogP contribution in [0, 0.1) is 6.92 Å². The lowest BCUT2D eigenvalue weighted by Crippen LogP contribution is -1.86. The number of aromatic nitrogens is 1. The number of halogens is 1. The molecule has 0 bridgehead atoms. The molecule has 2 nitrogen and oxygen atoms in total. The Kier molecular flexibility index (Phi) is 2.17. The second-order valence-corrected chi connectivity index (χ2v) is 2.81. The third-order valence-corrected chi connectivity index (χ3v) is 1.99. The molecule has 0 N–H and O–H groups in total. The topological polar surface area (TPSA) is 30.0 Å². The van der Waals surface area contributed by atoms with Gasteiger partial charge in [0.05, 0.1) is 5.69 Å². The van der Waals surface area contributed by atoms with Crippen LogP contribution in [0.4, 0.5) is 0 Å². The van der Waals surface area contributed by atoms with Crippen LogP contribution in [0.2, 0.25) is 0 Å². The highest BCUT2D eigenvalue weighted by Crippen LogP contribution is 2.13. The predicted molar refractivity (Wildman–Crippen MR) is 42.1 cm³/mol. The van der Waals surface area contributed by atoms with E-state index in [1.54, 1.807) is 12.3 Å². The lowest BCUT2D eigenvalue weighted by Gasteiger charge is -1.95. The standard InChI is InChI=1S/C7H6BrNO/c1-5-7(8)2-6(4-10)3-9-5/h2-4H,1H3. The lowest BCUT2D eigenvalue weighted by atomic mass is 10.3. The molecule has 1 heterocycles. The zero-order valence-corrected chi connectivity index (χ0v) is 7.05. The van der Waals surface area contributed by atoms with Crippen LogP contribution in [0.1, 0.15) is 16.1 Å². The summed E-state index contributed by atoms with van der Waals surface area (Å²) in [5.74, 6) is 0. The van der Waals surface area contributed by atoms with Crippen molar-refractivity contribution in [3.63, 3.8) is 0 Å². The van der Waals surface area contributed by atoms with Crippen molar-refractivity contribution < 1.29 is 4.79 Å². The summed E-state index contributed by atoms with van der Waals surface area (Å²) < 4.78 is 0.872. The molecule has 0 spiro atoms. The molecule has 0 saturated carbocycles. The molecule has 0 unspecified atom stereocenters. The predicted octanol–water partition coefficient (Wildman–Crippen LogP) is 1.97. The fourth-order valence-corrected chi connectivity index (χ4v) is 0.952. The van der Waals surface area contributed by atoms with Gasteiger partial charge in [-0.15, -0.1) is 0 Å². The van der Waals surface area contributed by atoms with E-state index in [-0.39, 0.29) is 0 Å². The molecule has 0 amide bonds. The molecule has 52 valence electrons. The van der Waals surface area contributed by atoms with Gasteiger partial charge in [0.2, 0.25) is 0 Å². The Bertz CT molecular complexity index is 260. The molecule has 0 fully saturated rings. The number of aldehydes is 1. The van der Waals surface area contributed by atoms with Crippen molar-refractivity contribution in [2.24, 2.45) is 0 Å². The zero-order valence-electron chi connectivity index (χ0n) is 5.47. The van der Waals surface area contributed by atoms with Gasteiger partial charge in [-0.2, -0.15) is 0 Å². The second-order valence-electron chi connectivity index (χ2n) is 1.95. The van der Waals surface area contributed by atoms with Crippen molar-refractivity contribution in [3.05, 3.63) is 28.0 Å². The van der Waals surface area contributed by atoms with Gasteiger partial charge in [-0.1, -0.05) is 0 Å². The van der Waals surface area contributed by atoms with Crippen LogP contribution >= 0.6 is 15.9 Å². The molecular weight excluding hydrogens is 194 g/mol. The molecule has 0 aliphatic rings. The molecule has 0 atom stereocenters. The quantitative estimate of drug-likeness (QED) is 0.648. The SMILES string of the molecule is Cc1ncc(C=O)cc1Br. The molecule has 0 aliphatic carbocycles. The smallest absolute Gasteiger partial charge is 0.151 e. The molecule has 0 saturated heterocycles. The van der Waals surface area contributed by atoms with E-state index in [2.05, 4.69) is 20.9 Å². The molecule has 0 aliphatic heterocycles. The van der Waals surface area contributed by atoms with Crippen molar-refractivity contribution in [1.29, 1.82) is 0 Å². The largest absolute Gasteiger partial charge is 0.298 e. The van der Waals surface area contributed by atoms with Crippen LogP contribution in [0.15, 0.2) is 16.7 Å². The Morgan fingerprint density at radius 1 is 1.70 bits per heavy atom. The van der Waals surface area contributed by atoms with E-state index < -0.39 is 0 Å². The highest BCUT2D eigenvalue weighted by molar-refractivity contribution is 9.10. The average molecular weight is 200 g/mol. The van der Waals surface area contributed by atoms with Gasteiger partial charge in [-0.3, -0.25) is 9.78 Å². The van der Waals surface area contributed by atoms with Gasteiger partial charge >= 0.3 is 0 Å². The zero-order chi connectivity index (χ0) is 7.56. The summed E-state index contributed by atoms with van der Waals surface area (Å²) in [6.45, 7) is 1.87. The minimum atomic E-state index is 0.595. The van der Waals surface area contributed by atoms with Crippen molar-refractivity contribution >= 4 is 22.2 Å². The first-order valence-corrected chi connectivity index (χ1v) is 3.60. The normalized spacial score (nSPS) is 9.40. The van der Waals surface area contributed by atoms with Gasteiger partial charge in [0, 0.05) is 16.2 Å².